The van der Waals surface area contributed by atoms with E-state index in [-0.39, 0.29) is 17.7 Å². The Morgan fingerprint density at radius 3 is 2.59 bits per heavy atom. The maximum Gasteiger partial charge on any atom is 0.343 e. The Bertz CT molecular complexity index is 429. The highest BCUT2D eigenvalue weighted by Gasteiger charge is 2.08. The maximum absolute atomic E-state index is 11.4. The summed E-state index contributed by atoms with van der Waals surface area (Å²) >= 11 is 3.11. The first-order chi connectivity index (χ1) is 8.08. The van der Waals surface area contributed by atoms with E-state index < -0.39 is 5.97 Å². The molecule has 0 saturated carbocycles. The largest absolute Gasteiger partial charge is 0.482 e. The zero-order chi connectivity index (χ0) is 12.8. The van der Waals surface area contributed by atoms with Crippen LogP contribution >= 0.6 is 15.9 Å². The molecule has 0 heterocycles. The van der Waals surface area contributed by atoms with E-state index in [9.17, 15) is 9.59 Å². The molecule has 17 heavy (non-hydrogen) atoms. The van der Waals surface area contributed by atoms with Crippen molar-refractivity contribution in [2.45, 2.75) is 6.92 Å². The Morgan fingerprint density at radius 1 is 1.35 bits per heavy atom. The normalized spacial score (nSPS) is 9.82. The first-order valence-corrected chi connectivity index (χ1v) is 6.10. The number of benzene rings is 1. The zero-order valence-electron chi connectivity index (χ0n) is 9.66. The van der Waals surface area contributed by atoms with Crippen molar-refractivity contribution in [2.75, 3.05) is 19.0 Å². The van der Waals surface area contributed by atoms with Crippen LogP contribution in [0.1, 0.15) is 15.9 Å². The van der Waals surface area contributed by atoms with E-state index in [1.807, 2.05) is 6.92 Å². The number of halogens is 1. The molecule has 0 unspecified atom stereocenters. The Labute approximate surface area is 108 Å². The lowest BCUT2D eigenvalue weighted by molar-refractivity contribution is -0.142. The second kappa shape index (κ2) is 6.39. The fraction of sp³-hybridized carbons (Fsp3) is 0.333. The first kappa shape index (κ1) is 13.7. The zero-order valence-corrected chi connectivity index (χ0v) is 11.2. The minimum Gasteiger partial charge on any atom is -0.482 e. The van der Waals surface area contributed by atoms with Crippen LogP contribution in [0.2, 0.25) is 0 Å². The Balaban J connectivity index is 2.76. The summed E-state index contributed by atoms with van der Waals surface area (Å²) in [7, 11) is 1.30. The number of carbonyl (C=O) groups is 2. The average Bonchev–Trinajstić information content (AvgIpc) is 2.35. The molecule has 0 aliphatic heterocycles. The van der Waals surface area contributed by atoms with E-state index in [0.717, 1.165) is 5.56 Å². The summed E-state index contributed by atoms with van der Waals surface area (Å²) in [5.41, 5.74) is 1.42. The molecule has 1 aromatic carbocycles. The number of ketones is 1. The molecule has 0 radical (unpaired) electrons. The minimum absolute atomic E-state index is 0.00705. The molecule has 5 heteroatoms. The van der Waals surface area contributed by atoms with Crippen molar-refractivity contribution < 1.29 is 19.1 Å². The van der Waals surface area contributed by atoms with Gasteiger partial charge in [-0.15, -0.1) is 0 Å². The van der Waals surface area contributed by atoms with Crippen molar-refractivity contribution >= 4 is 27.7 Å². The average molecular weight is 301 g/mol. The van der Waals surface area contributed by atoms with Crippen LogP contribution < -0.4 is 4.74 Å². The molecule has 0 aliphatic carbocycles. The van der Waals surface area contributed by atoms with Gasteiger partial charge in [-0.2, -0.15) is 0 Å². The molecule has 0 bridgehead atoms. The van der Waals surface area contributed by atoms with E-state index in [1.165, 1.54) is 7.11 Å². The summed E-state index contributed by atoms with van der Waals surface area (Å²) in [5, 5.41) is 0.287. The smallest absolute Gasteiger partial charge is 0.343 e. The quantitative estimate of drug-likeness (QED) is 0.475. The number of aryl methyl sites for hydroxylation is 1. The highest BCUT2D eigenvalue weighted by atomic mass is 79.9. The van der Waals surface area contributed by atoms with Gasteiger partial charge in [0.1, 0.15) is 5.75 Å². The number of ether oxygens (including phenoxy) is 2. The minimum atomic E-state index is -0.440. The third-order valence-corrected chi connectivity index (χ3v) is 2.70. The van der Waals surface area contributed by atoms with Crippen molar-refractivity contribution in [3.05, 3.63) is 29.3 Å². The van der Waals surface area contributed by atoms with E-state index in [0.29, 0.717) is 11.3 Å². The topological polar surface area (TPSA) is 52.6 Å². The Hall–Kier alpha value is -1.36. The standard InChI is InChI=1S/C12H13BrO4/c1-8-5-9(10(14)6-13)3-4-11(8)17-7-12(15)16-2/h3-5H,6-7H2,1-2H3. The van der Waals surface area contributed by atoms with Gasteiger partial charge in [-0.05, 0) is 30.7 Å². The van der Waals surface area contributed by atoms with Crippen LogP contribution in [-0.2, 0) is 9.53 Å². The lowest BCUT2D eigenvalue weighted by Gasteiger charge is -2.08. The predicted molar refractivity (Wildman–Crippen MR) is 66.8 cm³/mol. The van der Waals surface area contributed by atoms with Gasteiger partial charge in [0.05, 0.1) is 12.4 Å². The lowest BCUT2D eigenvalue weighted by atomic mass is 10.1. The van der Waals surface area contributed by atoms with Crippen molar-refractivity contribution in [3.63, 3.8) is 0 Å². The molecule has 1 aromatic rings. The molecule has 0 spiro atoms. The van der Waals surface area contributed by atoms with Crippen LogP contribution in [0, 0.1) is 6.92 Å². The van der Waals surface area contributed by atoms with Crippen molar-refractivity contribution in [2.24, 2.45) is 0 Å². The predicted octanol–water partition coefficient (Wildman–Crippen LogP) is 2.12. The van der Waals surface area contributed by atoms with Gasteiger partial charge in [-0.3, -0.25) is 4.79 Å². The third-order valence-electron chi connectivity index (χ3n) is 2.19. The number of methoxy groups -OCH3 is 1. The fourth-order valence-corrected chi connectivity index (χ4v) is 1.58. The number of hydrogen-bond acceptors (Lipinski definition) is 4. The summed E-state index contributed by atoms with van der Waals surface area (Å²) in [4.78, 5) is 22.3. The molecule has 0 aromatic heterocycles. The highest BCUT2D eigenvalue weighted by molar-refractivity contribution is 9.09. The molecule has 4 nitrogen and oxygen atoms in total. The second-order valence-electron chi connectivity index (χ2n) is 3.40. The number of alkyl halides is 1. The molecule has 0 N–H and O–H groups in total. The number of rotatable bonds is 5. The number of hydrogen-bond donors (Lipinski definition) is 0. The van der Waals surface area contributed by atoms with Crippen LogP contribution in [0.25, 0.3) is 0 Å². The molecule has 92 valence electrons. The Morgan fingerprint density at radius 2 is 2.06 bits per heavy atom. The molecule has 0 saturated heterocycles. The monoisotopic (exact) mass is 300 g/mol. The van der Waals surface area contributed by atoms with E-state index in [2.05, 4.69) is 20.7 Å². The SMILES string of the molecule is COC(=O)COc1ccc(C(=O)CBr)cc1C. The van der Waals surface area contributed by atoms with Gasteiger partial charge in [0.15, 0.2) is 12.4 Å². The molecule has 0 fully saturated rings. The van der Waals surface area contributed by atoms with Crippen LogP contribution in [0.5, 0.6) is 5.75 Å². The van der Waals surface area contributed by atoms with Crippen LogP contribution in [-0.4, -0.2) is 30.8 Å². The summed E-state index contributed by atoms with van der Waals surface area (Å²) in [6.07, 6.45) is 0. The molecule has 0 aliphatic rings. The van der Waals surface area contributed by atoms with Gasteiger partial charge in [-0.25, -0.2) is 4.79 Å². The molecular formula is C12H13BrO4. The maximum atomic E-state index is 11.4. The van der Waals surface area contributed by atoms with Crippen LogP contribution in [0.15, 0.2) is 18.2 Å². The van der Waals surface area contributed by atoms with Gasteiger partial charge in [-0.1, -0.05) is 15.9 Å². The Kier molecular flexibility index (Phi) is 5.15. The van der Waals surface area contributed by atoms with E-state index in [1.54, 1.807) is 18.2 Å². The van der Waals surface area contributed by atoms with Gasteiger partial charge in [0.2, 0.25) is 0 Å². The van der Waals surface area contributed by atoms with Gasteiger partial charge in [0.25, 0.3) is 0 Å². The van der Waals surface area contributed by atoms with Crippen LogP contribution in [0.4, 0.5) is 0 Å². The fourth-order valence-electron chi connectivity index (χ4n) is 1.26. The summed E-state index contributed by atoms with van der Waals surface area (Å²) < 4.78 is 9.73. The van der Waals surface area contributed by atoms with Gasteiger partial charge < -0.3 is 9.47 Å². The highest BCUT2D eigenvalue weighted by Crippen LogP contribution is 2.19. The molecule has 0 amide bonds. The van der Waals surface area contributed by atoms with E-state index >= 15 is 0 Å². The second-order valence-corrected chi connectivity index (χ2v) is 3.96. The third kappa shape index (κ3) is 3.85. The lowest BCUT2D eigenvalue weighted by Crippen LogP contribution is -2.13. The van der Waals surface area contributed by atoms with Gasteiger partial charge in [0, 0.05) is 5.56 Å². The van der Waals surface area contributed by atoms with E-state index in [4.69, 9.17) is 4.74 Å². The first-order valence-electron chi connectivity index (χ1n) is 4.98. The van der Waals surface area contributed by atoms with Gasteiger partial charge >= 0.3 is 5.97 Å². The van der Waals surface area contributed by atoms with Crippen molar-refractivity contribution in [3.8, 4) is 5.75 Å². The number of carbonyl (C=O) groups excluding carboxylic acids is 2. The van der Waals surface area contributed by atoms with Crippen molar-refractivity contribution in [1.29, 1.82) is 0 Å². The number of esters is 1. The molecular weight excluding hydrogens is 288 g/mol. The summed E-state index contributed by atoms with van der Waals surface area (Å²) in [6, 6.07) is 5.08. The molecule has 1 rings (SSSR count). The summed E-state index contributed by atoms with van der Waals surface area (Å²) in [6.45, 7) is 1.68. The molecule has 0 atom stereocenters. The number of Topliss-reactive ketones (excluding diaryl/α,β-unsaturated/α-hetero) is 1. The van der Waals surface area contributed by atoms with Crippen LogP contribution in [0.3, 0.4) is 0 Å². The van der Waals surface area contributed by atoms with Crippen molar-refractivity contribution in [1.82, 2.24) is 0 Å². The summed E-state index contributed by atoms with van der Waals surface area (Å²) in [5.74, 6) is 0.138.